The van der Waals surface area contributed by atoms with Gasteiger partial charge in [-0.3, -0.25) is 0 Å². The molecule has 0 saturated heterocycles. The van der Waals surface area contributed by atoms with E-state index in [1.807, 2.05) is 0 Å². The molecule has 1 unspecified atom stereocenters. The van der Waals surface area contributed by atoms with Crippen molar-refractivity contribution in [3.63, 3.8) is 0 Å². The lowest BCUT2D eigenvalue weighted by atomic mass is 10.1. The molecule has 0 spiro atoms. The predicted molar refractivity (Wildman–Crippen MR) is 59.6 cm³/mol. The Labute approximate surface area is 98.5 Å². The molecule has 0 fully saturated rings. The highest BCUT2D eigenvalue weighted by Crippen LogP contribution is 2.24. The highest BCUT2D eigenvalue weighted by molar-refractivity contribution is 5.64. The first-order chi connectivity index (χ1) is 8.02. The van der Waals surface area contributed by atoms with Gasteiger partial charge >= 0.3 is 11.8 Å². The van der Waals surface area contributed by atoms with Crippen molar-refractivity contribution in [3.05, 3.63) is 28.7 Å². The second kappa shape index (κ2) is 5.70. The fourth-order valence-corrected chi connectivity index (χ4v) is 1.46. The van der Waals surface area contributed by atoms with Gasteiger partial charge in [0.2, 0.25) is 5.39 Å². The molecule has 0 heterocycles. The van der Waals surface area contributed by atoms with Crippen LogP contribution in [0.3, 0.4) is 0 Å². The molecule has 0 radical (unpaired) electrons. The number of amides is 1. The molecule has 6 heteroatoms. The van der Waals surface area contributed by atoms with E-state index in [0.717, 1.165) is 5.56 Å². The Kier molecular flexibility index (Phi) is 4.29. The summed E-state index contributed by atoms with van der Waals surface area (Å²) in [6.07, 6.45) is 0.125. The van der Waals surface area contributed by atoms with Crippen LogP contribution in [0.5, 0.6) is 5.75 Å². The number of diazo groups is 1. The zero-order valence-corrected chi connectivity index (χ0v) is 9.38. The van der Waals surface area contributed by atoms with Gasteiger partial charge < -0.3 is 15.5 Å². The molecule has 0 aliphatic rings. The van der Waals surface area contributed by atoms with Crippen LogP contribution in [0.2, 0.25) is 0 Å². The number of rotatable bonds is 4. The number of nitrogens with zero attached hydrogens (tertiary/aromatic N) is 2. The molecule has 1 rings (SSSR count). The minimum absolute atomic E-state index is 0.00506. The highest BCUT2D eigenvalue weighted by Gasteiger charge is 2.08. The van der Waals surface area contributed by atoms with Gasteiger partial charge in [0.25, 0.3) is 0 Å². The van der Waals surface area contributed by atoms with E-state index in [2.05, 4.69) is 10.3 Å². The fourth-order valence-electron chi connectivity index (χ4n) is 1.46. The first-order valence-corrected chi connectivity index (χ1v) is 5.17. The summed E-state index contributed by atoms with van der Waals surface area (Å²) in [7, 11) is 0. The normalized spacial score (nSPS) is 11.5. The minimum atomic E-state index is -1.06. The predicted octanol–water partition coefficient (Wildman–Crippen LogP) is 1.83. The summed E-state index contributed by atoms with van der Waals surface area (Å²) in [6.45, 7) is 1.75. The van der Waals surface area contributed by atoms with Crippen LogP contribution in [0.25, 0.3) is 4.98 Å². The van der Waals surface area contributed by atoms with Crippen molar-refractivity contribution < 1.29 is 15.0 Å². The number of nitrogens with one attached hydrogen (secondary N) is 1. The largest absolute Gasteiger partial charge is 0.867 e. The Morgan fingerprint density at radius 2 is 2.35 bits per heavy atom. The maximum Gasteiger partial charge on any atom is 0.404 e. The number of hydrogen-bond acceptors (Lipinski definition) is 3. The molecule has 0 saturated carbocycles. The Bertz CT molecular complexity index is 454. The number of carbonyl (C=O) groups is 1. The van der Waals surface area contributed by atoms with Gasteiger partial charge in [0.15, 0.2) is 4.98 Å². The molecule has 0 aliphatic carbocycles. The second-order valence-electron chi connectivity index (χ2n) is 3.79. The zero-order chi connectivity index (χ0) is 12.8. The van der Waals surface area contributed by atoms with Crippen molar-refractivity contribution in [1.82, 2.24) is 5.32 Å². The lowest BCUT2D eigenvalue weighted by molar-refractivity contribution is -0.267. The Balaban J connectivity index is 2.56. The third-order valence-electron chi connectivity index (χ3n) is 2.37. The van der Waals surface area contributed by atoms with Crippen LogP contribution in [-0.4, -0.2) is 17.2 Å². The van der Waals surface area contributed by atoms with Gasteiger partial charge in [-0.15, -0.1) is 0 Å². The molecular formula is C11H13N3O3. The van der Waals surface area contributed by atoms with Crippen LogP contribution in [0, 0.1) is 5.39 Å². The third kappa shape index (κ3) is 3.99. The lowest BCUT2D eigenvalue weighted by Crippen LogP contribution is -2.31. The number of aryl methyl sites for hydroxylation is 1. The molecule has 0 aliphatic heterocycles. The van der Waals surface area contributed by atoms with Crippen LogP contribution < -0.4 is 10.4 Å². The van der Waals surface area contributed by atoms with Crippen molar-refractivity contribution in [2.75, 3.05) is 0 Å². The molecule has 2 N–H and O–H groups in total. The smallest absolute Gasteiger partial charge is 0.404 e. The average molecular weight is 235 g/mol. The Morgan fingerprint density at radius 3 is 2.88 bits per heavy atom. The van der Waals surface area contributed by atoms with Crippen molar-refractivity contribution in [2.24, 2.45) is 0 Å². The van der Waals surface area contributed by atoms with E-state index in [-0.39, 0.29) is 17.5 Å². The highest BCUT2D eigenvalue weighted by atomic mass is 16.4. The SMILES string of the molecule is CC(CCc1ccc([N+]#N)c([O-])c1)NC(=O)O. The Hall–Kier alpha value is -2.29. The summed E-state index contributed by atoms with van der Waals surface area (Å²) in [5.41, 5.74) is 0.798. The molecule has 17 heavy (non-hydrogen) atoms. The summed E-state index contributed by atoms with van der Waals surface area (Å²) in [5, 5.41) is 30.6. The molecule has 1 aromatic carbocycles. The second-order valence-corrected chi connectivity index (χ2v) is 3.79. The van der Waals surface area contributed by atoms with Gasteiger partial charge in [-0.1, -0.05) is 12.1 Å². The molecule has 1 atom stereocenters. The summed E-state index contributed by atoms with van der Waals surface area (Å²) in [5.74, 6) is -0.344. The number of benzene rings is 1. The quantitative estimate of drug-likeness (QED) is 0.777. The summed E-state index contributed by atoms with van der Waals surface area (Å²) < 4.78 is 0. The van der Waals surface area contributed by atoms with Crippen molar-refractivity contribution in [2.45, 2.75) is 25.8 Å². The van der Waals surface area contributed by atoms with E-state index in [1.165, 1.54) is 12.1 Å². The molecule has 0 bridgehead atoms. The minimum Gasteiger partial charge on any atom is -0.867 e. The van der Waals surface area contributed by atoms with Gasteiger partial charge in [0, 0.05) is 12.1 Å². The maximum atomic E-state index is 11.3. The van der Waals surface area contributed by atoms with E-state index in [1.54, 1.807) is 13.0 Å². The van der Waals surface area contributed by atoms with Crippen molar-refractivity contribution >= 4 is 11.8 Å². The monoisotopic (exact) mass is 235 g/mol. The van der Waals surface area contributed by atoms with Crippen molar-refractivity contribution in [1.29, 1.82) is 5.39 Å². The first-order valence-electron chi connectivity index (χ1n) is 5.17. The fraction of sp³-hybridized carbons (Fsp3) is 0.364. The van der Waals surface area contributed by atoms with Crippen LogP contribution in [0.4, 0.5) is 10.5 Å². The Morgan fingerprint density at radius 1 is 1.65 bits per heavy atom. The van der Waals surface area contributed by atoms with Crippen LogP contribution >= 0.6 is 0 Å². The number of hydrogen-bond donors (Lipinski definition) is 2. The summed E-state index contributed by atoms with van der Waals surface area (Å²) in [4.78, 5) is 13.2. The van der Waals surface area contributed by atoms with Crippen molar-refractivity contribution in [3.8, 4) is 5.75 Å². The van der Waals surface area contributed by atoms with Crippen LogP contribution in [0.15, 0.2) is 18.2 Å². The van der Waals surface area contributed by atoms with E-state index >= 15 is 0 Å². The van der Waals surface area contributed by atoms with Gasteiger partial charge in [-0.05, 0) is 31.1 Å². The van der Waals surface area contributed by atoms with Crippen LogP contribution in [0.1, 0.15) is 18.9 Å². The van der Waals surface area contributed by atoms with Gasteiger partial charge in [-0.25, -0.2) is 4.79 Å². The molecule has 1 aromatic rings. The van der Waals surface area contributed by atoms with E-state index in [4.69, 9.17) is 10.5 Å². The van der Waals surface area contributed by atoms with Crippen LogP contribution in [-0.2, 0) is 6.42 Å². The zero-order valence-electron chi connectivity index (χ0n) is 9.38. The molecule has 0 aromatic heterocycles. The molecule has 1 amide bonds. The number of carboxylic acid groups (broad SMARTS) is 1. The van der Waals surface area contributed by atoms with E-state index < -0.39 is 6.09 Å². The average Bonchev–Trinajstić information content (AvgIpc) is 2.25. The molecule has 6 nitrogen and oxygen atoms in total. The summed E-state index contributed by atoms with van der Waals surface area (Å²) >= 11 is 0. The van der Waals surface area contributed by atoms with Gasteiger partial charge in [-0.2, -0.15) is 0 Å². The van der Waals surface area contributed by atoms with E-state index in [0.29, 0.717) is 12.8 Å². The molecular weight excluding hydrogens is 222 g/mol. The maximum absolute atomic E-state index is 11.3. The lowest BCUT2D eigenvalue weighted by Gasteiger charge is -2.11. The first kappa shape index (κ1) is 12.8. The van der Waals surface area contributed by atoms with Gasteiger partial charge in [0.05, 0.1) is 0 Å². The molecule has 90 valence electrons. The van der Waals surface area contributed by atoms with Gasteiger partial charge in [0.1, 0.15) is 0 Å². The van der Waals surface area contributed by atoms with E-state index in [9.17, 15) is 9.90 Å². The topological polar surface area (TPSA) is 101 Å². The third-order valence-corrected chi connectivity index (χ3v) is 2.37. The summed E-state index contributed by atoms with van der Waals surface area (Å²) in [6, 6.07) is 4.34. The standard InChI is InChI=1S/C11H13N3O3/c1-7(13-11(16)17)2-3-8-4-5-9(14-12)10(15)6-8/h4-7,13H,2-3H2,1H3,(H-,15,16,17).